The quantitative estimate of drug-likeness (QED) is 0.846. The molecular weight excluding hydrogens is 302 g/mol. The lowest BCUT2D eigenvalue weighted by Crippen LogP contribution is -2.67. The maximum absolute atomic E-state index is 11.3. The third-order valence-electron chi connectivity index (χ3n) is 7.09. The smallest absolute Gasteiger partial charge is 0.165 e. The molecule has 4 nitrogen and oxygen atoms in total. The number of piperidine rings is 1. The van der Waals surface area contributed by atoms with Gasteiger partial charge in [-0.05, 0) is 44.5 Å². The summed E-state index contributed by atoms with van der Waals surface area (Å²) in [6, 6.07) is 4.71. The Morgan fingerprint density at radius 2 is 2.25 bits per heavy atom. The average molecular weight is 327 g/mol. The molecule has 1 spiro atoms. The predicted molar refractivity (Wildman–Crippen MR) is 91.7 cm³/mol. The highest BCUT2D eigenvalue weighted by atomic mass is 16.5. The van der Waals surface area contributed by atoms with E-state index in [2.05, 4.69) is 24.1 Å². The van der Waals surface area contributed by atoms with Crippen molar-refractivity contribution in [2.24, 2.45) is 5.92 Å². The summed E-state index contributed by atoms with van der Waals surface area (Å²) in [6.07, 6.45) is 6.80. The van der Waals surface area contributed by atoms with Gasteiger partial charge in [0, 0.05) is 22.9 Å². The van der Waals surface area contributed by atoms with Gasteiger partial charge in [0.05, 0.1) is 7.11 Å². The Hall–Kier alpha value is -1.52. The molecule has 0 amide bonds. The van der Waals surface area contributed by atoms with E-state index in [0.717, 1.165) is 30.9 Å². The number of ether oxygens (including phenoxy) is 2. The van der Waals surface area contributed by atoms with E-state index in [1.807, 2.05) is 19.1 Å². The zero-order chi connectivity index (χ0) is 16.7. The number of hydrogen-bond donors (Lipinski definition) is 1. The maximum Gasteiger partial charge on any atom is 0.165 e. The fourth-order valence-corrected chi connectivity index (χ4v) is 5.84. The fourth-order valence-electron chi connectivity index (χ4n) is 5.84. The number of likely N-dealkylation sites (N-methyl/N-ethyl adjacent to an activating group) is 1. The largest absolute Gasteiger partial charge is 0.493 e. The Balaban J connectivity index is 1.82. The normalized spacial score (nSPS) is 41.8. The van der Waals surface area contributed by atoms with Crippen molar-refractivity contribution in [2.45, 2.75) is 49.3 Å². The molecule has 5 atom stereocenters. The fraction of sp³-hybridized carbons (Fsp3) is 0.600. The number of benzene rings is 1. The molecule has 0 radical (unpaired) electrons. The molecule has 0 aromatic heterocycles. The molecule has 2 bridgehead atoms. The van der Waals surface area contributed by atoms with Crippen LogP contribution in [0.4, 0.5) is 0 Å². The van der Waals surface area contributed by atoms with E-state index in [4.69, 9.17) is 9.47 Å². The molecule has 2 aliphatic carbocycles. The highest BCUT2D eigenvalue weighted by Gasteiger charge is 2.67. The molecule has 2 aliphatic heterocycles. The van der Waals surface area contributed by atoms with E-state index in [1.54, 1.807) is 7.11 Å². The highest BCUT2D eigenvalue weighted by molar-refractivity contribution is 5.62. The van der Waals surface area contributed by atoms with Crippen molar-refractivity contribution < 1.29 is 14.6 Å². The van der Waals surface area contributed by atoms with Gasteiger partial charge in [-0.2, -0.15) is 0 Å². The van der Waals surface area contributed by atoms with Crippen molar-refractivity contribution in [1.29, 1.82) is 0 Å². The second-order valence-electron chi connectivity index (χ2n) is 7.90. The lowest BCUT2D eigenvalue weighted by Gasteiger charge is -2.58. The third-order valence-corrected chi connectivity index (χ3v) is 7.09. The maximum atomic E-state index is 11.3. The minimum Gasteiger partial charge on any atom is -0.493 e. The summed E-state index contributed by atoms with van der Waals surface area (Å²) in [7, 11) is 3.93. The molecule has 0 saturated carbocycles. The zero-order valence-corrected chi connectivity index (χ0v) is 14.6. The van der Waals surface area contributed by atoms with Crippen LogP contribution in [0.2, 0.25) is 0 Å². The van der Waals surface area contributed by atoms with Gasteiger partial charge in [-0.1, -0.05) is 25.1 Å². The van der Waals surface area contributed by atoms with E-state index in [9.17, 15) is 5.11 Å². The summed E-state index contributed by atoms with van der Waals surface area (Å²) in [4.78, 5) is 2.48. The van der Waals surface area contributed by atoms with Crippen LogP contribution in [0, 0.1) is 5.92 Å². The van der Waals surface area contributed by atoms with E-state index in [-0.39, 0.29) is 11.5 Å². The van der Waals surface area contributed by atoms with Gasteiger partial charge in [-0.3, -0.25) is 0 Å². The summed E-state index contributed by atoms with van der Waals surface area (Å²) in [6.45, 7) is 3.09. The SMILES string of the molecule is CC[C@]1(O)C=C[C@H]2[C@H]3Cc4ccc(OC)c5c4[C@@]2(CCN3C)[C@H]1O5. The van der Waals surface area contributed by atoms with Gasteiger partial charge in [0.15, 0.2) is 11.5 Å². The molecule has 1 N–H and O–H groups in total. The first-order valence-corrected chi connectivity index (χ1v) is 9.04. The summed E-state index contributed by atoms with van der Waals surface area (Å²) < 4.78 is 12.1. The van der Waals surface area contributed by atoms with Crippen molar-refractivity contribution >= 4 is 0 Å². The van der Waals surface area contributed by atoms with E-state index in [1.165, 1.54) is 11.1 Å². The van der Waals surface area contributed by atoms with Crippen LogP contribution in [0.15, 0.2) is 24.3 Å². The number of nitrogens with zero attached hydrogens (tertiary/aromatic N) is 1. The molecule has 128 valence electrons. The van der Waals surface area contributed by atoms with Gasteiger partial charge in [0.25, 0.3) is 0 Å². The molecule has 1 aromatic rings. The predicted octanol–water partition coefficient (Wildman–Crippen LogP) is 2.28. The minimum absolute atomic E-state index is 0.117. The van der Waals surface area contributed by atoms with Crippen LogP contribution in [0.25, 0.3) is 0 Å². The van der Waals surface area contributed by atoms with Crippen LogP contribution in [0.1, 0.15) is 30.9 Å². The molecule has 1 fully saturated rings. The van der Waals surface area contributed by atoms with Gasteiger partial charge >= 0.3 is 0 Å². The highest BCUT2D eigenvalue weighted by Crippen LogP contribution is 2.64. The van der Waals surface area contributed by atoms with E-state index < -0.39 is 5.60 Å². The van der Waals surface area contributed by atoms with Crippen LogP contribution in [0.5, 0.6) is 11.5 Å². The number of hydrogen-bond acceptors (Lipinski definition) is 4. The van der Waals surface area contributed by atoms with Crippen molar-refractivity contribution in [2.75, 3.05) is 20.7 Å². The van der Waals surface area contributed by atoms with Gasteiger partial charge in [-0.25, -0.2) is 0 Å². The number of rotatable bonds is 2. The molecule has 1 aromatic carbocycles. The molecular formula is C20H25NO3. The van der Waals surface area contributed by atoms with Crippen LogP contribution < -0.4 is 9.47 Å². The second-order valence-corrected chi connectivity index (χ2v) is 7.90. The molecule has 2 heterocycles. The van der Waals surface area contributed by atoms with Crippen LogP contribution in [-0.4, -0.2) is 48.5 Å². The number of aliphatic hydroxyl groups is 1. The lowest BCUT2D eigenvalue weighted by atomic mass is 9.51. The monoisotopic (exact) mass is 327 g/mol. The lowest BCUT2D eigenvalue weighted by molar-refractivity contribution is -0.0991. The van der Waals surface area contributed by atoms with Gasteiger partial charge in [0.1, 0.15) is 11.7 Å². The summed E-state index contributed by atoms with van der Waals surface area (Å²) in [5.41, 5.74) is 1.66. The Bertz CT molecular complexity index is 745. The zero-order valence-electron chi connectivity index (χ0n) is 14.6. The molecule has 5 rings (SSSR count). The minimum atomic E-state index is -0.907. The third kappa shape index (κ3) is 1.48. The summed E-state index contributed by atoms with van der Waals surface area (Å²) >= 11 is 0. The topological polar surface area (TPSA) is 41.9 Å². The Morgan fingerprint density at radius 3 is 3.00 bits per heavy atom. The molecule has 0 unspecified atom stereocenters. The first kappa shape index (κ1) is 14.8. The van der Waals surface area contributed by atoms with E-state index in [0.29, 0.717) is 18.4 Å². The van der Waals surface area contributed by atoms with Crippen LogP contribution in [0.3, 0.4) is 0 Å². The van der Waals surface area contributed by atoms with Crippen molar-refractivity contribution in [3.8, 4) is 11.5 Å². The average Bonchev–Trinajstić information content (AvgIpc) is 2.95. The van der Waals surface area contributed by atoms with Crippen LogP contribution >= 0.6 is 0 Å². The molecule has 1 saturated heterocycles. The Kier molecular flexibility index (Phi) is 2.81. The van der Waals surface area contributed by atoms with Gasteiger partial charge < -0.3 is 19.5 Å². The standard InChI is InChI=1S/C20H25NO3/c1-4-19(22)8-7-13-14-11-12-5-6-15(23-3)17-16(12)20(13,18(19)24-17)9-10-21(14)2/h5-8,13-14,18,22H,4,9-11H2,1-3H3/t13-,14+,18-,19-,20-/m0/s1. The Morgan fingerprint density at radius 1 is 1.42 bits per heavy atom. The number of likely N-dealkylation sites (tertiary alicyclic amines) is 1. The van der Waals surface area contributed by atoms with E-state index >= 15 is 0 Å². The van der Waals surface area contributed by atoms with Gasteiger partial charge in [-0.15, -0.1) is 0 Å². The summed E-state index contributed by atoms with van der Waals surface area (Å²) in [5, 5.41) is 11.3. The van der Waals surface area contributed by atoms with Crippen molar-refractivity contribution in [3.05, 3.63) is 35.4 Å². The molecule has 4 heteroatoms. The van der Waals surface area contributed by atoms with Crippen molar-refractivity contribution in [1.82, 2.24) is 4.90 Å². The second kappa shape index (κ2) is 4.55. The molecule has 24 heavy (non-hydrogen) atoms. The van der Waals surface area contributed by atoms with Crippen molar-refractivity contribution in [3.63, 3.8) is 0 Å². The first-order valence-electron chi connectivity index (χ1n) is 9.04. The summed E-state index contributed by atoms with van der Waals surface area (Å²) in [5.74, 6) is 2.07. The van der Waals surface area contributed by atoms with Gasteiger partial charge in [0.2, 0.25) is 0 Å². The van der Waals surface area contributed by atoms with Crippen LogP contribution in [-0.2, 0) is 11.8 Å². The molecule has 4 aliphatic rings. The number of methoxy groups -OCH3 is 1. The Labute approximate surface area is 143 Å². The first-order chi connectivity index (χ1) is 11.5.